The third-order valence-electron chi connectivity index (χ3n) is 10.0. The fourth-order valence-corrected chi connectivity index (χ4v) is 7.21. The van der Waals surface area contributed by atoms with Crippen molar-refractivity contribution in [3.05, 3.63) is 144 Å². The normalized spacial score (nSPS) is 26.2. The van der Waals surface area contributed by atoms with Crippen molar-refractivity contribution >= 4 is 17.9 Å². The molecule has 0 saturated carbocycles. The molecule has 14 heteroatoms. The van der Waals surface area contributed by atoms with E-state index in [2.05, 4.69) is 0 Å². The molecule has 2 saturated heterocycles. The number of benzene rings is 4. The van der Waals surface area contributed by atoms with Crippen LogP contribution in [-0.4, -0.2) is 99.6 Å². The Kier molecular flexibility index (Phi) is 17.3. The van der Waals surface area contributed by atoms with Crippen LogP contribution in [-0.2, 0) is 92.9 Å². The molecule has 2 aliphatic rings. The summed E-state index contributed by atoms with van der Waals surface area (Å²) in [5, 5.41) is 0. The molecule has 14 nitrogen and oxygen atoms in total. The Balaban J connectivity index is 1.41. The summed E-state index contributed by atoms with van der Waals surface area (Å²) < 4.78 is 69.5. The molecule has 0 spiro atoms. The monoisotopic (exact) mass is 842 g/mol. The van der Waals surface area contributed by atoms with Crippen LogP contribution in [0.2, 0.25) is 0 Å². The first kappa shape index (κ1) is 45.5. The van der Waals surface area contributed by atoms with Crippen molar-refractivity contribution in [1.29, 1.82) is 0 Å². The zero-order valence-corrected chi connectivity index (χ0v) is 34.8. The van der Waals surface area contributed by atoms with Gasteiger partial charge in [0.15, 0.2) is 24.8 Å². The number of hydrogen-bond donors (Lipinski definition) is 0. The second-order valence-corrected chi connectivity index (χ2v) is 14.7. The van der Waals surface area contributed by atoms with Crippen molar-refractivity contribution in [2.45, 2.75) is 109 Å². The Labute approximate surface area is 356 Å². The number of carbonyl (C=O) groups is 3. The molecule has 0 radical (unpaired) electrons. The van der Waals surface area contributed by atoms with Gasteiger partial charge in [0.25, 0.3) is 0 Å². The lowest BCUT2D eigenvalue weighted by Gasteiger charge is -2.49. The molecule has 0 aliphatic carbocycles. The lowest BCUT2D eigenvalue weighted by molar-refractivity contribution is -0.371. The predicted molar refractivity (Wildman–Crippen MR) is 218 cm³/mol. The molecular weight excluding hydrogens is 789 g/mol. The molecule has 6 rings (SSSR count). The van der Waals surface area contributed by atoms with Gasteiger partial charge in [-0.05, 0) is 22.3 Å². The molecule has 0 bridgehead atoms. The van der Waals surface area contributed by atoms with E-state index in [4.69, 9.17) is 52.1 Å². The predicted octanol–water partition coefficient (Wildman–Crippen LogP) is 5.87. The molecular formula is C47H54O14. The third kappa shape index (κ3) is 13.5. The SMILES string of the molecule is CO[C@H]1O[C@H](COCc2ccccc2)[C@@H](O[C@H]2O[C@H](COC(C)=O)[C@@H](OC(C)=O)[C@H](OC(C)=O)[C@H]2OCc2ccccc2)[C@H](OCc2ccccc2)[C@H]1OCc1ccccc1. The van der Waals surface area contributed by atoms with Crippen LogP contribution >= 0.6 is 0 Å². The number of ether oxygens (including phenoxy) is 11. The van der Waals surface area contributed by atoms with Crippen LogP contribution in [0.3, 0.4) is 0 Å². The van der Waals surface area contributed by atoms with E-state index in [-0.39, 0.29) is 39.6 Å². The van der Waals surface area contributed by atoms with Crippen molar-refractivity contribution in [2.24, 2.45) is 0 Å². The Morgan fingerprint density at radius 2 is 0.869 bits per heavy atom. The maximum Gasteiger partial charge on any atom is 0.303 e. The summed E-state index contributed by atoms with van der Waals surface area (Å²) in [5.74, 6) is -1.98. The number of rotatable bonds is 20. The van der Waals surface area contributed by atoms with E-state index in [0.29, 0.717) is 0 Å². The van der Waals surface area contributed by atoms with Crippen molar-refractivity contribution in [3.63, 3.8) is 0 Å². The largest absolute Gasteiger partial charge is 0.463 e. The van der Waals surface area contributed by atoms with Gasteiger partial charge < -0.3 is 52.1 Å². The van der Waals surface area contributed by atoms with E-state index in [1.165, 1.54) is 27.9 Å². The Morgan fingerprint density at radius 1 is 0.459 bits per heavy atom. The first-order valence-corrected chi connectivity index (χ1v) is 20.2. The van der Waals surface area contributed by atoms with Crippen LogP contribution in [0.4, 0.5) is 0 Å². The first-order valence-electron chi connectivity index (χ1n) is 20.2. The highest BCUT2D eigenvalue weighted by atomic mass is 16.8. The Hall–Kier alpha value is -5.03. The highest BCUT2D eigenvalue weighted by Gasteiger charge is 2.56. The minimum Gasteiger partial charge on any atom is -0.463 e. The standard InChI is InChI=1S/C47H54O14/c1-31(48)53-30-39-41(57-32(2)49)43(58-33(3)50)45(56-28-37-23-15-8-16-24-37)47(60-39)61-40-38(29-52-25-34-17-9-5-10-18-34)59-46(51-4)44(55-27-36-21-13-7-14-22-36)42(40)54-26-35-19-11-6-12-20-35/h5-24,38-47H,25-30H2,1-4H3/t38-,39-,40-,41-,42+,43+,44-,45-,46+,47-/m1/s1. The highest BCUT2D eigenvalue weighted by molar-refractivity contribution is 5.68. The topological polar surface area (TPSA) is 153 Å². The van der Waals surface area contributed by atoms with Crippen LogP contribution in [0.25, 0.3) is 0 Å². The molecule has 4 aromatic carbocycles. The van der Waals surface area contributed by atoms with E-state index < -0.39 is 79.3 Å². The molecule has 2 aliphatic heterocycles. The van der Waals surface area contributed by atoms with Gasteiger partial charge in [-0.15, -0.1) is 0 Å². The van der Waals surface area contributed by atoms with E-state index in [9.17, 15) is 14.4 Å². The molecule has 0 aromatic heterocycles. The van der Waals surface area contributed by atoms with Crippen LogP contribution in [0, 0.1) is 0 Å². The molecule has 2 heterocycles. The fourth-order valence-electron chi connectivity index (χ4n) is 7.21. The van der Waals surface area contributed by atoms with Gasteiger partial charge >= 0.3 is 17.9 Å². The van der Waals surface area contributed by atoms with Gasteiger partial charge in [0.05, 0.1) is 33.0 Å². The quantitative estimate of drug-likeness (QED) is 0.0771. The molecule has 2 fully saturated rings. The average molecular weight is 843 g/mol. The smallest absolute Gasteiger partial charge is 0.303 e. The average Bonchev–Trinajstić information content (AvgIpc) is 3.26. The molecule has 326 valence electrons. The maximum atomic E-state index is 12.8. The summed E-state index contributed by atoms with van der Waals surface area (Å²) in [6.45, 7) is 3.96. The summed E-state index contributed by atoms with van der Waals surface area (Å²) in [6, 6.07) is 38.3. The van der Waals surface area contributed by atoms with Crippen LogP contribution < -0.4 is 0 Å². The second kappa shape index (κ2) is 23.3. The fraction of sp³-hybridized carbons (Fsp3) is 0.426. The van der Waals surface area contributed by atoms with Crippen LogP contribution in [0.5, 0.6) is 0 Å². The lowest BCUT2D eigenvalue weighted by atomic mass is 9.95. The summed E-state index contributed by atoms with van der Waals surface area (Å²) >= 11 is 0. The molecule has 0 N–H and O–H groups in total. The van der Waals surface area contributed by atoms with Gasteiger partial charge in [-0.1, -0.05) is 121 Å². The second-order valence-electron chi connectivity index (χ2n) is 14.7. The number of carbonyl (C=O) groups excluding carboxylic acids is 3. The van der Waals surface area contributed by atoms with E-state index in [1.807, 2.05) is 121 Å². The molecule has 4 aromatic rings. The zero-order chi connectivity index (χ0) is 43.0. The molecule has 61 heavy (non-hydrogen) atoms. The van der Waals surface area contributed by atoms with Crippen molar-refractivity contribution in [3.8, 4) is 0 Å². The van der Waals surface area contributed by atoms with Gasteiger partial charge in [-0.3, -0.25) is 14.4 Å². The summed E-state index contributed by atoms with van der Waals surface area (Å²) in [6.07, 6.45) is -10.9. The van der Waals surface area contributed by atoms with Crippen molar-refractivity contribution in [2.75, 3.05) is 20.3 Å². The first-order chi connectivity index (χ1) is 29.7. The summed E-state index contributed by atoms with van der Waals surface area (Å²) in [4.78, 5) is 37.5. The van der Waals surface area contributed by atoms with Gasteiger partial charge in [-0.25, -0.2) is 0 Å². The number of esters is 3. The van der Waals surface area contributed by atoms with Gasteiger partial charge in [0.1, 0.15) is 43.2 Å². The van der Waals surface area contributed by atoms with E-state index >= 15 is 0 Å². The number of methoxy groups -OCH3 is 1. The zero-order valence-electron chi connectivity index (χ0n) is 34.8. The summed E-state index contributed by atoms with van der Waals surface area (Å²) in [7, 11) is 1.52. The summed E-state index contributed by atoms with van der Waals surface area (Å²) in [5.41, 5.74) is 3.53. The van der Waals surface area contributed by atoms with Gasteiger partial charge in [0.2, 0.25) is 0 Å². The molecule has 0 unspecified atom stereocenters. The Bertz CT molecular complexity index is 1920. The number of hydrogen-bond acceptors (Lipinski definition) is 14. The van der Waals surface area contributed by atoms with Crippen LogP contribution in [0.15, 0.2) is 121 Å². The van der Waals surface area contributed by atoms with Gasteiger partial charge in [-0.2, -0.15) is 0 Å². The Morgan fingerprint density at radius 3 is 1.33 bits per heavy atom. The van der Waals surface area contributed by atoms with E-state index in [1.54, 1.807) is 0 Å². The van der Waals surface area contributed by atoms with Crippen LogP contribution in [0.1, 0.15) is 43.0 Å². The van der Waals surface area contributed by atoms with Crippen molar-refractivity contribution in [1.82, 2.24) is 0 Å². The highest BCUT2D eigenvalue weighted by Crippen LogP contribution is 2.36. The molecule has 10 atom stereocenters. The van der Waals surface area contributed by atoms with Gasteiger partial charge in [0, 0.05) is 27.9 Å². The minimum absolute atomic E-state index is 0.0125. The molecule has 0 amide bonds. The van der Waals surface area contributed by atoms with Crippen molar-refractivity contribution < 1.29 is 66.5 Å². The maximum absolute atomic E-state index is 12.8. The van der Waals surface area contributed by atoms with E-state index in [0.717, 1.165) is 22.3 Å². The minimum atomic E-state index is -1.37. The lowest BCUT2D eigenvalue weighted by Crippen LogP contribution is -2.66. The third-order valence-corrected chi connectivity index (χ3v) is 10.0.